The smallest absolute Gasteiger partial charge is 0.241 e. The molecule has 0 bridgehead atoms. The van der Waals surface area contributed by atoms with Crippen molar-refractivity contribution in [2.24, 2.45) is 0 Å². The molecule has 1 aromatic rings. The fraction of sp³-hybridized carbons (Fsp3) is 0.556. The van der Waals surface area contributed by atoms with Gasteiger partial charge in [0, 0.05) is 18.3 Å². The molecule has 0 saturated heterocycles. The Morgan fingerprint density at radius 1 is 1.33 bits per heavy atom. The lowest BCUT2D eigenvalue weighted by Crippen LogP contribution is -2.44. The molecule has 1 aliphatic carbocycles. The second-order valence-electron chi connectivity index (χ2n) is 6.66. The van der Waals surface area contributed by atoms with Crippen molar-refractivity contribution in [3.8, 4) is 5.75 Å². The van der Waals surface area contributed by atoms with Crippen LogP contribution >= 0.6 is 0 Å². The Kier molecular flexibility index (Phi) is 5.04. The molecule has 1 heterocycles. The second-order valence-corrected chi connectivity index (χ2v) is 6.66. The summed E-state index contributed by atoms with van der Waals surface area (Å²) in [6, 6.07) is 6.19. The van der Waals surface area contributed by atoms with Gasteiger partial charge < -0.3 is 15.0 Å². The van der Waals surface area contributed by atoms with Gasteiger partial charge in [0.1, 0.15) is 5.75 Å². The number of hydrogen-bond acceptors (Lipinski definition) is 4. The molecule has 1 fully saturated rings. The molecule has 6 heteroatoms. The van der Waals surface area contributed by atoms with Gasteiger partial charge in [-0.15, -0.1) is 0 Å². The Bertz CT molecular complexity index is 628. The van der Waals surface area contributed by atoms with Crippen LogP contribution in [0, 0.1) is 0 Å². The minimum atomic E-state index is -0.00317. The third-order valence-corrected chi connectivity index (χ3v) is 4.47. The molecule has 2 aliphatic rings. The van der Waals surface area contributed by atoms with Crippen molar-refractivity contribution in [3.63, 3.8) is 0 Å². The second kappa shape index (κ2) is 7.21. The number of amides is 2. The van der Waals surface area contributed by atoms with Crippen molar-refractivity contribution in [1.82, 2.24) is 10.2 Å². The fourth-order valence-corrected chi connectivity index (χ4v) is 3.08. The first-order chi connectivity index (χ1) is 11.6. The summed E-state index contributed by atoms with van der Waals surface area (Å²) < 4.78 is 5.26. The van der Waals surface area contributed by atoms with Crippen molar-refractivity contribution in [2.75, 3.05) is 38.7 Å². The highest BCUT2D eigenvalue weighted by Crippen LogP contribution is 2.30. The van der Waals surface area contributed by atoms with Crippen LogP contribution in [-0.2, 0) is 16.0 Å². The van der Waals surface area contributed by atoms with E-state index in [-0.39, 0.29) is 24.9 Å². The minimum Gasteiger partial charge on any atom is -0.497 e. The molecular weight excluding hydrogens is 306 g/mol. The van der Waals surface area contributed by atoms with Gasteiger partial charge >= 0.3 is 0 Å². The predicted octanol–water partition coefficient (Wildman–Crippen LogP) is 1.18. The lowest BCUT2D eigenvalue weighted by atomic mass is 10.0. The topological polar surface area (TPSA) is 61.9 Å². The number of nitrogens with zero attached hydrogens (tertiary/aromatic N) is 2. The first-order valence-corrected chi connectivity index (χ1v) is 8.52. The Hall–Kier alpha value is -2.08. The van der Waals surface area contributed by atoms with Gasteiger partial charge in [0.05, 0.1) is 20.2 Å². The summed E-state index contributed by atoms with van der Waals surface area (Å²) in [5.74, 6) is 0.844. The van der Waals surface area contributed by atoms with Crippen molar-refractivity contribution >= 4 is 17.5 Å². The van der Waals surface area contributed by atoms with Gasteiger partial charge in [-0.25, -0.2) is 0 Å². The largest absolute Gasteiger partial charge is 0.497 e. The van der Waals surface area contributed by atoms with Crippen LogP contribution in [0.25, 0.3) is 0 Å². The van der Waals surface area contributed by atoms with Gasteiger partial charge in [-0.05, 0) is 56.5 Å². The van der Waals surface area contributed by atoms with Gasteiger partial charge in [0.25, 0.3) is 0 Å². The third-order valence-electron chi connectivity index (χ3n) is 4.47. The van der Waals surface area contributed by atoms with E-state index in [4.69, 9.17) is 4.74 Å². The van der Waals surface area contributed by atoms with Crippen molar-refractivity contribution in [1.29, 1.82) is 0 Å². The summed E-state index contributed by atoms with van der Waals surface area (Å²) in [5.41, 5.74) is 2.10. The molecule has 0 radical (unpaired) electrons. The summed E-state index contributed by atoms with van der Waals surface area (Å²) >= 11 is 0. The highest BCUT2D eigenvalue weighted by Gasteiger charge is 2.26. The van der Waals surface area contributed by atoms with E-state index in [1.54, 1.807) is 12.0 Å². The molecule has 2 amide bonds. The molecule has 1 aromatic carbocycles. The van der Waals surface area contributed by atoms with Crippen LogP contribution in [0.5, 0.6) is 5.75 Å². The van der Waals surface area contributed by atoms with Crippen molar-refractivity contribution in [3.05, 3.63) is 23.8 Å². The van der Waals surface area contributed by atoms with Crippen molar-refractivity contribution in [2.45, 2.75) is 31.7 Å². The summed E-state index contributed by atoms with van der Waals surface area (Å²) in [6.07, 6.45) is 4.04. The van der Waals surface area contributed by atoms with E-state index >= 15 is 0 Å². The highest BCUT2D eigenvalue weighted by molar-refractivity contribution is 5.96. The molecule has 1 saturated carbocycles. The van der Waals surface area contributed by atoms with Crippen LogP contribution < -0.4 is 15.0 Å². The molecular formula is C18H25N3O3. The average Bonchev–Trinajstić information content (AvgIpc) is 3.37. The predicted molar refractivity (Wildman–Crippen MR) is 92.3 cm³/mol. The molecule has 130 valence electrons. The number of nitrogens with one attached hydrogen (secondary N) is 1. The number of methoxy groups -OCH3 is 1. The quantitative estimate of drug-likeness (QED) is 0.850. The van der Waals surface area contributed by atoms with Crippen LogP contribution in [0.2, 0.25) is 0 Å². The number of fused-ring (bicyclic) bond motifs is 1. The molecule has 0 atom stereocenters. The van der Waals surface area contributed by atoms with Crippen molar-refractivity contribution < 1.29 is 14.3 Å². The number of likely N-dealkylation sites (N-methyl/N-ethyl adjacent to an activating group) is 1. The van der Waals surface area contributed by atoms with E-state index in [1.165, 1.54) is 0 Å². The minimum absolute atomic E-state index is 0.00317. The standard InChI is InChI=1S/C18H25N3O3/c1-20(11-17(22)19-14-5-6-14)12-18(23)21-9-3-4-13-10-15(24-2)7-8-16(13)21/h7-8,10,14H,3-6,9,11-12H2,1-2H3,(H,19,22). The number of aryl methyl sites for hydroxylation is 1. The molecule has 6 nitrogen and oxygen atoms in total. The average molecular weight is 331 g/mol. The van der Waals surface area contributed by atoms with Gasteiger partial charge in [0.2, 0.25) is 11.8 Å². The Morgan fingerprint density at radius 3 is 2.83 bits per heavy atom. The Labute approximate surface area is 142 Å². The van der Waals surface area contributed by atoms with Crippen LogP contribution in [0.1, 0.15) is 24.8 Å². The maximum atomic E-state index is 12.7. The zero-order valence-electron chi connectivity index (χ0n) is 14.4. The number of anilines is 1. The summed E-state index contributed by atoms with van der Waals surface area (Å²) in [5, 5.41) is 2.95. The summed E-state index contributed by atoms with van der Waals surface area (Å²) in [6.45, 7) is 1.22. The van der Waals surface area contributed by atoms with Gasteiger partial charge in [-0.1, -0.05) is 0 Å². The molecule has 0 spiro atoms. The van der Waals surface area contributed by atoms with E-state index in [0.717, 1.165) is 49.2 Å². The summed E-state index contributed by atoms with van der Waals surface area (Å²) in [4.78, 5) is 28.1. The lowest BCUT2D eigenvalue weighted by molar-refractivity contribution is -0.123. The van der Waals surface area contributed by atoms with E-state index in [2.05, 4.69) is 5.32 Å². The summed E-state index contributed by atoms with van der Waals surface area (Å²) in [7, 11) is 3.46. The Balaban J connectivity index is 1.60. The number of carbonyl (C=O) groups excluding carboxylic acids is 2. The molecule has 1 N–H and O–H groups in total. The van der Waals surface area contributed by atoms with Gasteiger partial charge in [0.15, 0.2) is 0 Å². The number of ether oxygens (including phenoxy) is 1. The number of benzene rings is 1. The van der Waals surface area contributed by atoms with Gasteiger partial charge in [-0.3, -0.25) is 14.5 Å². The maximum absolute atomic E-state index is 12.7. The van der Waals surface area contributed by atoms with E-state index < -0.39 is 0 Å². The first-order valence-electron chi connectivity index (χ1n) is 8.52. The highest BCUT2D eigenvalue weighted by atomic mass is 16.5. The fourth-order valence-electron chi connectivity index (χ4n) is 3.08. The van der Waals surface area contributed by atoms with Crippen LogP contribution in [0.15, 0.2) is 18.2 Å². The molecule has 3 rings (SSSR count). The maximum Gasteiger partial charge on any atom is 0.241 e. The van der Waals surface area contributed by atoms with E-state index in [9.17, 15) is 9.59 Å². The monoisotopic (exact) mass is 331 g/mol. The van der Waals surface area contributed by atoms with Crippen LogP contribution in [0.3, 0.4) is 0 Å². The SMILES string of the molecule is COc1ccc2c(c1)CCCN2C(=O)CN(C)CC(=O)NC1CC1. The van der Waals surface area contributed by atoms with Gasteiger partial charge in [-0.2, -0.15) is 0 Å². The molecule has 1 aliphatic heterocycles. The Morgan fingerprint density at radius 2 is 2.12 bits per heavy atom. The number of carbonyl (C=O) groups is 2. The third kappa shape index (κ3) is 4.06. The molecule has 0 unspecified atom stereocenters. The van der Waals surface area contributed by atoms with Crippen LogP contribution in [-0.4, -0.2) is 56.5 Å². The number of rotatable bonds is 6. The van der Waals surface area contributed by atoms with E-state index in [0.29, 0.717) is 6.04 Å². The molecule has 0 aromatic heterocycles. The number of hydrogen-bond donors (Lipinski definition) is 1. The first kappa shape index (κ1) is 16.8. The zero-order chi connectivity index (χ0) is 17.1. The van der Waals surface area contributed by atoms with Crippen LogP contribution in [0.4, 0.5) is 5.69 Å². The molecule has 24 heavy (non-hydrogen) atoms. The van der Waals surface area contributed by atoms with E-state index in [1.807, 2.05) is 30.1 Å². The zero-order valence-corrected chi connectivity index (χ0v) is 14.4. The normalized spacial score (nSPS) is 16.7. The lowest BCUT2D eigenvalue weighted by Gasteiger charge is -2.31.